The van der Waals surface area contributed by atoms with Crippen molar-refractivity contribution in [2.75, 3.05) is 44.4 Å². The molecule has 2 aromatic carbocycles. The molecule has 1 amide bonds. The molecule has 16 heteroatoms. The van der Waals surface area contributed by atoms with Crippen LogP contribution in [0, 0.1) is 19.7 Å². The van der Waals surface area contributed by atoms with E-state index >= 15 is 9.18 Å². The van der Waals surface area contributed by atoms with Gasteiger partial charge in [0.25, 0.3) is 5.91 Å². The van der Waals surface area contributed by atoms with Crippen LogP contribution in [0.15, 0.2) is 77.2 Å². The monoisotopic (exact) mass is 875 g/mol. The van der Waals surface area contributed by atoms with Crippen LogP contribution in [0.2, 0.25) is 0 Å². The standard InChI is InChI=1S/C47H55FN9O5P/c1-7-63(61,8-2)39-12-10-33(25-37(39)50-6)55-19-20-56(46(55)59)43-40-30(5)54(18-13-36(40)51-57(43)34-23-28(3)42(48)29(4)24-34)44(58)35-27-53-26-32(31-14-21-62-22-15-31)9-11-38(53)41(35)47(16-17-47)45(49)52-60/h9-12,19-20,23-27,30-31,50,60H,7-8,13-18,21-22H2,1-6H3,(H2,49,52)/t30-/m0/s1. The van der Waals surface area contributed by atoms with E-state index in [0.717, 1.165) is 40.5 Å². The van der Waals surface area contributed by atoms with Crippen LogP contribution in [-0.4, -0.2) is 84.3 Å². The molecule has 2 aliphatic heterocycles. The van der Waals surface area contributed by atoms with E-state index in [-0.39, 0.29) is 23.2 Å². The summed E-state index contributed by atoms with van der Waals surface area (Å²) in [4.78, 5) is 31.9. The Morgan fingerprint density at radius 1 is 1.03 bits per heavy atom. The Morgan fingerprint density at radius 3 is 2.38 bits per heavy atom. The molecule has 63 heavy (non-hydrogen) atoms. The van der Waals surface area contributed by atoms with E-state index in [1.807, 2.05) is 60.5 Å². The fourth-order valence-corrected chi connectivity index (χ4v) is 12.1. The molecule has 0 bridgehead atoms. The summed E-state index contributed by atoms with van der Waals surface area (Å²) in [6.07, 6.45) is 11.9. The zero-order chi connectivity index (χ0) is 44.5. The van der Waals surface area contributed by atoms with Crippen molar-refractivity contribution < 1.29 is 23.7 Å². The van der Waals surface area contributed by atoms with Gasteiger partial charge in [-0.05, 0) is 105 Å². The number of ether oxygens (including phenoxy) is 1. The number of nitrogens with one attached hydrogen (secondary N) is 1. The molecule has 3 aliphatic rings. The van der Waals surface area contributed by atoms with Crippen LogP contribution >= 0.6 is 7.14 Å². The van der Waals surface area contributed by atoms with E-state index in [2.05, 4.69) is 22.7 Å². The predicted molar refractivity (Wildman–Crippen MR) is 243 cm³/mol. The average molecular weight is 876 g/mol. The van der Waals surface area contributed by atoms with Crippen LogP contribution in [-0.2, 0) is 21.1 Å². The number of fused-ring (bicyclic) bond motifs is 2. The number of benzene rings is 2. The number of amidine groups is 1. The number of imidazole rings is 1. The van der Waals surface area contributed by atoms with Crippen LogP contribution < -0.4 is 22.0 Å². The normalized spacial score (nSPS) is 17.9. The van der Waals surface area contributed by atoms with Crippen molar-refractivity contribution in [1.82, 2.24) is 28.2 Å². The molecule has 2 fully saturated rings. The molecule has 1 saturated carbocycles. The van der Waals surface area contributed by atoms with Gasteiger partial charge in [-0.3, -0.25) is 13.9 Å². The first-order valence-electron chi connectivity index (χ1n) is 21.9. The number of nitrogens with zero attached hydrogens (tertiary/aromatic N) is 7. The summed E-state index contributed by atoms with van der Waals surface area (Å²) < 4.78 is 41.3. The highest BCUT2D eigenvalue weighted by molar-refractivity contribution is 7.71. The summed E-state index contributed by atoms with van der Waals surface area (Å²) in [5.74, 6) is 0.311. The molecule has 6 aromatic rings. The number of amides is 1. The number of anilines is 1. The molecule has 0 radical (unpaired) electrons. The van der Waals surface area contributed by atoms with Crippen molar-refractivity contribution >= 4 is 35.4 Å². The molecule has 14 nitrogen and oxygen atoms in total. The minimum atomic E-state index is -2.64. The van der Waals surface area contributed by atoms with Crippen molar-refractivity contribution in [2.45, 2.75) is 84.1 Å². The third-order valence-corrected chi connectivity index (χ3v) is 17.2. The van der Waals surface area contributed by atoms with E-state index in [1.54, 1.807) is 50.1 Å². The fraction of sp³-hybridized carbons (Fsp3) is 0.404. The Kier molecular flexibility index (Phi) is 10.8. The van der Waals surface area contributed by atoms with Gasteiger partial charge in [0.15, 0.2) is 0 Å². The lowest BCUT2D eigenvalue weighted by molar-refractivity contribution is 0.0676. The van der Waals surface area contributed by atoms with Crippen molar-refractivity contribution in [2.24, 2.45) is 10.9 Å². The first-order chi connectivity index (χ1) is 30.3. The van der Waals surface area contributed by atoms with E-state index < -0.39 is 18.6 Å². The maximum absolute atomic E-state index is 15.3. The summed E-state index contributed by atoms with van der Waals surface area (Å²) in [7, 11) is -0.862. The number of carbonyl (C=O) groups excluding carboxylic acids is 1. The Balaban J connectivity index is 1.17. The predicted octanol–water partition coefficient (Wildman–Crippen LogP) is 7.32. The summed E-state index contributed by atoms with van der Waals surface area (Å²) >= 11 is 0. The van der Waals surface area contributed by atoms with Gasteiger partial charge in [-0.1, -0.05) is 25.1 Å². The van der Waals surface area contributed by atoms with E-state index in [4.69, 9.17) is 15.6 Å². The quantitative estimate of drug-likeness (QED) is 0.0401. The van der Waals surface area contributed by atoms with Crippen LogP contribution in [0.4, 0.5) is 10.1 Å². The van der Waals surface area contributed by atoms with Crippen molar-refractivity contribution in [3.05, 3.63) is 123 Å². The number of hydrogen-bond donors (Lipinski definition) is 3. The van der Waals surface area contributed by atoms with Crippen molar-refractivity contribution in [1.29, 1.82) is 0 Å². The topological polar surface area (TPSA) is 166 Å². The molecule has 330 valence electrons. The van der Waals surface area contributed by atoms with E-state index in [0.29, 0.717) is 102 Å². The Hall–Kier alpha value is -5.92. The summed E-state index contributed by atoms with van der Waals surface area (Å²) in [5.41, 5.74) is 12.6. The largest absolute Gasteiger partial charge is 0.409 e. The zero-order valence-electron chi connectivity index (χ0n) is 36.7. The number of oxime groups is 1. The number of rotatable bonds is 11. The Labute approximate surface area is 365 Å². The average Bonchev–Trinajstić information content (AvgIpc) is 3.66. The molecule has 1 saturated heterocycles. The minimum Gasteiger partial charge on any atom is -0.409 e. The Morgan fingerprint density at radius 2 is 1.73 bits per heavy atom. The minimum absolute atomic E-state index is 0.0747. The molecule has 6 heterocycles. The zero-order valence-corrected chi connectivity index (χ0v) is 37.6. The maximum atomic E-state index is 15.3. The number of pyridine rings is 1. The number of halogens is 1. The molecule has 0 unspecified atom stereocenters. The lowest BCUT2D eigenvalue weighted by Gasteiger charge is -2.34. The third kappa shape index (κ3) is 6.82. The van der Waals surface area contributed by atoms with Gasteiger partial charge in [-0.25, -0.2) is 13.9 Å². The molecule has 0 spiro atoms. The van der Waals surface area contributed by atoms with Crippen LogP contribution in [0.3, 0.4) is 0 Å². The second-order valence-electron chi connectivity index (χ2n) is 17.3. The highest BCUT2D eigenvalue weighted by atomic mass is 31.2. The van der Waals surface area contributed by atoms with Crippen molar-refractivity contribution in [3.8, 4) is 17.2 Å². The molecule has 9 rings (SSSR count). The summed E-state index contributed by atoms with van der Waals surface area (Å²) in [6.45, 7) is 11.0. The first kappa shape index (κ1) is 42.4. The highest BCUT2D eigenvalue weighted by Crippen LogP contribution is 2.52. The lowest BCUT2D eigenvalue weighted by Crippen LogP contribution is -2.40. The first-order valence-corrected chi connectivity index (χ1v) is 24.0. The summed E-state index contributed by atoms with van der Waals surface area (Å²) in [6, 6.07) is 12.5. The maximum Gasteiger partial charge on any atom is 0.338 e. The van der Waals surface area contributed by atoms with Gasteiger partial charge >= 0.3 is 5.69 Å². The van der Waals surface area contributed by atoms with Gasteiger partial charge in [0, 0.05) is 92.5 Å². The number of nitrogens with two attached hydrogens (primary N) is 1. The fourth-order valence-electron chi connectivity index (χ4n) is 10.1. The third-order valence-electron chi connectivity index (χ3n) is 13.9. The molecule has 1 atom stereocenters. The number of aryl methyl sites for hydroxylation is 2. The van der Waals surface area contributed by atoms with Crippen LogP contribution in [0.5, 0.6) is 0 Å². The van der Waals surface area contributed by atoms with Crippen molar-refractivity contribution in [3.63, 3.8) is 0 Å². The van der Waals surface area contributed by atoms with Gasteiger partial charge in [-0.15, -0.1) is 0 Å². The van der Waals surface area contributed by atoms with Crippen LogP contribution in [0.1, 0.15) is 102 Å². The van der Waals surface area contributed by atoms with E-state index in [9.17, 15) is 14.6 Å². The smallest absolute Gasteiger partial charge is 0.338 e. The second-order valence-corrected chi connectivity index (χ2v) is 20.9. The van der Waals surface area contributed by atoms with Gasteiger partial charge < -0.3 is 34.9 Å². The lowest BCUT2D eigenvalue weighted by atomic mass is 9.89. The highest BCUT2D eigenvalue weighted by Gasteiger charge is 2.53. The Bertz CT molecular complexity index is 2900. The molecular weight excluding hydrogens is 821 g/mol. The van der Waals surface area contributed by atoms with E-state index in [1.165, 1.54) is 9.13 Å². The van der Waals surface area contributed by atoms with Gasteiger partial charge in [-0.2, -0.15) is 5.10 Å². The number of aromatic nitrogens is 5. The SMILES string of the molecule is CCP(=O)(CC)c1ccc(-n2ccn(-c3c4c(nn3-c3cc(C)c(F)c(C)c3)CCN(C(=O)c3cn5cc(C6CCOCC6)ccc5c3C3(/C(N)=N/O)CC3)[C@H]4C)c2=O)cc1NC. The molecule has 4 N–H and O–H groups in total. The van der Waals surface area contributed by atoms with Gasteiger partial charge in [0.1, 0.15) is 24.6 Å². The second kappa shape index (κ2) is 16.0. The van der Waals surface area contributed by atoms with Gasteiger partial charge in [0.2, 0.25) is 0 Å². The number of hydrogen-bond acceptors (Lipinski definition) is 8. The molecule has 1 aliphatic carbocycles. The molecule has 4 aromatic heterocycles. The summed E-state index contributed by atoms with van der Waals surface area (Å²) in [5, 5.41) is 22.5. The van der Waals surface area contributed by atoms with Crippen LogP contribution in [0.25, 0.3) is 22.7 Å². The van der Waals surface area contributed by atoms with Gasteiger partial charge in [0.05, 0.1) is 39.6 Å². The number of carbonyl (C=O) groups is 1. The molecular formula is C47H55FN9O5P.